The van der Waals surface area contributed by atoms with Gasteiger partial charge in [-0.05, 0) is 15.9 Å². The van der Waals surface area contributed by atoms with Crippen molar-refractivity contribution in [2.24, 2.45) is 7.05 Å². The van der Waals surface area contributed by atoms with Crippen LogP contribution in [-0.4, -0.2) is 27.1 Å². The molecule has 0 aliphatic carbocycles. The molecule has 0 atom stereocenters. The molecule has 0 radical (unpaired) electrons. The van der Waals surface area contributed by atoms with Crippen LogP contribution in [0.1, 0.15) is 0 Å². The minimum atomic E-state index is 0.679. The molecule has 0 spiro atoms. The van der Waals surface area contributed by atoms with Gasteiger partial charge in [-0.1, -0.05) is 11.3 Å². The molecule has 0 saturated carbocycles. The average Bonchev–Trinajstić information content (AvgIpc) is 2.73. The smallest absolute Gasteiger partial charge is 0.213 e. The highest BCUT2D eigenvalue weighted by Crippen LogP contribution is 2.24. The summed E-state index contributed by atoms with van der Waals surface area (Å²) in [5, 5.41) is 15.6. The van der Waals surface area contributed by atoms with Crippen molar-refractivity contribution in [1.82, 2.24) is 20.0 Å². The summed E-state index contributed by atoms with van der Waals surface area (Å²) in [4.78, 5) is 0. The van der Waals surface area contributed by atoms with E-state index in [1.165, 1.54) is 11.3 Å². The zero-order valence-corrected chi connectivity index (χ0v) is 10.5. The highest BCUT2D eigenvalue weighted by molar-refractivity contribution is 9.11. The van der Waals surface area contributed by atoms with Crippen molar-refractivity contribution < 1.29 is 4.74 Å². The second kappa shape index (κ2) is 4.15. The first-order valence-electron chi connectivity index (χ1n) is 4.03. The Morgan fingerprint density at radius 2 is 2.33 bits per heavy atom. The molecule has 8 heteroatoms. The van der Waals surface area contributed by atoms with Crippen LogP contribution in [0.5, 0.6) is 5.88 Å². The maximum Gasteiger partial charge on any atom is 0.213 e. The van der Waals surface area contributed by atoms with Gasteiger partial charge >= 0.3 is 0 Å². The summed E-state index contributed by atoms with van der Waals surface area (Å²) in [6.45, 7) is 0. The number of aromatic nitrogens is 4. The van der Waals surface area contributed by atoms with E-state index in [1.807, 2.05) is 0 Å². The lowest BCUT2D eigenvalue weighted by atomic mass is 10.6. The van der Waals surface area contributed by atoms with E-state index in [1.54, 1.807) is 24.9 Å². The zero-order valence-electron chi connectivity index (χ0n) is 8.06. The Labute approximate surface area is 98.4 Å². The summed E-state index contributed by atoms with van der Waals surface area (Å²) in [5.74, 6) is 1.36. The Balaban J connectivity index is 2.17. The lowest BCUT2D eigenvalue weighted by Gasteiger charge is -1.95. The molecule has 15 heavy (non-hydrogen) atoms. The Bertz CT molecular complexity index is 468. The van der Waals surface area contributed by atoms with Crippen molar-refractivity contribution >= 4 is 38.2 Å². The predicted octanol–water partition coefficient (Wildman–Crippen LogP) is 1.79. The van der Waals surface area contributed by atoms with Crippen LogP contribution in [0.4, 0.5) is 10.9 Å². The van der Waals surface area contributed by atoms with Gasteiger partial charge in [0.05, 0.1) is 7.11 Å². The van der Waals surface area contributed by atoms with Crippen LogP contribution >= 0.6 is 27.3 Å². The number of nitrogens with zero attached hydrogens (tertiary/aromatic N) is 4. The maximum absolute atomic E-state index is 5.09. The summed E-state index contributed by atoms with van der Waals surface area (Å²) < 4.78 is 7.45. The molecule has 2 heterocycles. The highest BCUT2D eigenvalue weighted by atomic mass is 79.9. The molecular formula is C7H8BrN5OS. The number of nitrogens with one attached hydrogen (secondary N) is 1. The van der Waals surface area contributed by atoms with E-state index in [2.05, 4.69) is 36.5 Å². The van der Waals surface area contributed by atoms with E-state index in [-0.39, 0.29) is 0 Å². The Morgan fingerprint density at radius 3 is 2.87 bits per heavy atom. The average molecular weight is 290 g/mol. The summed E-state index contributed by atoms with van der Waals surface area (Å²) in [5.41, 5.74) is 0. The Kier molecular flexibility index (Phi) is 2.87. The number of aryl methyl sites for hydroxylation is 1. The molecule has 0 aromatic carbocycles. The standard InChI is InChI=1S/C7H8BrN5OS/c1-13-5(14-2)3-4(12-13)9-7-11-10-6(8)15-7/h3H,1-2H3,(H,9,11,12). The minimum Gasteiger partial charge on any atom is -0.481 e. The third-order valence-corrected chi connectivity index (χ3v) is 2.95. The largest absolute Gasteiger partial charge is 0.481 e. The second-order valence-electron chi connectivity index (χ2n) is 2.68. The highest BCUT2D eigenvalue weighted by Gasteiger charge is 2.07. The minimum absolute atomic E-state index is 0.679. The number of hydrogen-bond donors (Lipinski definition) is 1. The normalized spacial score (nSPS) is 10.3. The van der Waals surface area contributed by atoms with Crippen molar-refractivity contribution in [2.45, 2.75) is 0 Å². The van der Waals surface area contributed by atoms with Crippen molar-refractivity contribution in [3.05, 3.63) is 9.98 Å². The molecule has 2 aromatic heterocycles. The number of methoxy groups -OCH3 is 1. The summed E-state index contributed by atoms with van der Waals surface area (Å²) in [7, 11) is 3.41. The summed E-state index contributed by atoms with van der Waals surface area (Å²) >= 11 is 4.63. The molecule has 80 valence electrons. The van der Waals surface area contributed by atoms with Crippen molar-refractivity contribution in [1.29, 1.82) is 0 Å². The summed E-state index contributed by atoms with van der Waals surface area (Å²) in [6, 6.07) is 1.79. The molecule has 2 aromatic rings. The van der Waals surface area contributed by atoms with E-state index in [4.69, 9.17) is 4.74 Å². The fourth-order valence-electron chi connectivity index (χ4n) is 1.07. The van der Waals surface area contributed by atoms with Crippen LogP contribution in [0.2, 0.25) is 0 Å². The molecule has 0 saturated heterocycles. The first-order valence-corrected chi connectivity index (χ1v) is 5.64. The topological polar surface area (TPSA) is 64.9 Å². The van der Waals surface area contributed by atoms with E-state index >= 15 is 0 Å². The predicted molar refractivity (Wildman–Crippen MR) is 60.7 cm³/mol. The first-order chi connectivity index (χ1) is 7.19. The van der Waals surface area contributed by atoms with E-state index in [0.29, 0.717) is 16.8 Å². The molecule has 0 unspecified atom stereocenters. The molecule has 0 amide bonds. The maximum atomic E-state index is 5.09. The van der Waals surface area contributed by atoms with Gasteiger partial charge in [0.15, 0.2) is 9.73 Å². The molecule has 0 aliphatic heterocycles. The Hall–Kier alpha value is -1.15. The van der Waals surface area contributed by atoms with Crippen LogP contribution in [0.25, 0.3) is 0 Å². The van der Waals surface area contributed by atoms with Gasteiger partial charge in [-0.3, -0.25) is 0 Å². The van der Waals surface area contributed by atoms with Crippen LogP contribution in [0.15, 0.2) is 9.98 Å². The van der Waals surface area contributed by atoms with E-state index < -0.39 is 0 Å². The van der Waals surface area contributed by atoms with Gasteiger partial charge in [-0.2, -0.15) is 5.10 Å². The molecular weight excluding hydrogens is 282 g/mol. The molecule has 0 bridgehead atoms. The van der Waals surface area contributed by atoms with Gasteiger partial charge in [0.25, 0.3) is 0 Å². The number of rotatable bonds is 3. The lowest BCUT2D eigenvalue weighted by Crippen LogP contribution is -1.95. The van der Waals surface area contributed by atoms with Gasteiger partial charge < -0.3 is 10.1 Å². The van der Waals surface area contributed by atoms with Crippen LogP contribution in [0.3, 0.4) is 0 Å². The molecule has 6 nitrogen and oxygen atoms in total. The van der Waals surface area contributed by atoms with Crippen molar-refractivity contribution in [3.8, 4) is 5.88 Å². The second-order valence-corrected chi connectivity index (χ2v) is 4.93. The fraction of sp³-hybridized carbons (Fsp3) is 0.286. The molecule has 0 aliphatic rings. The SMILES string of the molecule is COc1cc(Nc2nnc(Br)s2)nn1C. The third-order valence-electron chi connectivity index (χ3n) is 1.68. The van der Waals surface area contributed by atoms with Crippen molar-refractivity contribution in [3.63, 3.8) is 0 Å². The number of halogens is 1. The van der Waals surface area contributed by atoms with E-state index in [9.17, 15) is 0 Å². The quantitative estimate of drug-likeness (QED) is 0.933. The molecule has 1 N–H and O–H groups in total. The van der Waals surface area contributed by atoms with Gasteiger partial charge in [0, 0.05) is 13.1 Å². The van der Waals surface area contributed by atoms with Gasteiger partial charge in [0.2, 0.25) is 11.0 Å². The van der Waals surface area contributed by atoms with Crippen LogP contribution < -0.4 is 10.1 Å². The third kappa shape index (κ3) is 2.26. The van der Waals surface area contributed by atoms with Crippen molar-refractivity contribution in [2.75, 3.05) is 12.4 Å². The van der Waals surface area contributed by atoms with Gasteiger partial charge in [-0.25, -0.2) is 4.68 Å². The fourth-order valence-corrected chi connectivity index (χ4v) is 2.09. The van der Waals surface area contributed by atoms with Crippen LogP contribution in [0, 0.1) is 0 Å². The van der Waals surface area contributed by atoms with E-state index in [0.717, 1.165) is 3.92 Å². The number of ether oxygens (including phenoxy) is 1. The first kappa shape index (κ1) is 10.4. The van der Waals surface area contributed by atoms with Gasteiger partial charge in [-0.15, -0.1) is 10.2 Å². The summed E-state index contributed by atoms with van der Waals surface area (Å²) in [6.07, 6.45) is 0. The van der Waals surface area contributed by atoms with Gasteiger partial charge in [0.1, 0.15) is 0 Å². The zero-order chi connectivity index (χ0) is 10.8. The monoisotopic (exact) mass is 289 g/mol. The van der Waals surface area contributed by atoms with Crippen LogP contribution in [-0.2, 0) is 7.05 Å². The molecule has 0 fully saturated rings. The Morgan fingerprint density at radius 1 is 1.53 bits per heavy atom. The molecule has 2 rings (SSSR count). The number of hydrogen-bond acceptors (Lipinski definition) is 6. The number of anilines is 2. The lowest BCUT2D eigenvalue weighted by molar-refractivity contribution is 0.373.